The predicted octanol–water partition coefficient (Wildman–Crippen LogP) is 5.43. The zero-order chi connectivity index (χ0) is 21.5. The van der Waals surface area contributed by atoms with Crippen LogP contribution >= 0.6 is 12.2 Å². The molecule has 1 unspecified atom stereocenters. The minimum Gasteiger partial charge on any atom is -0.454 e. The highest BCUT2D eigenvalue weighted by molar-refractivity contribution is 7.80. The second-order valence-corrected chi connectivity index (χ2v) is 9.20. The first-order chi connectivity index (χ1) is 15.8. The van der Waals surface area contributed by atoms with Crippen LogP contribution in [0.1, 0.15) is 41.5 Å². The molecule has 0 radical (unpaired) electrons. The van der Waals surface area contributed by atoms with E-state index in [1.165, 1.54) is 22.3 Å². The molecule has 0 saturated carbocycles. The number of thiocarbonyl (C=S) groups is 1. The Balaban J connectivity index is 1.20. The van der Waals surface area contributed by atoms with Crippen molar-refractivity contribution < 1.29 is 9.47 Å². The molecule has 3 aromatic rings. The summed E-state index contributed by atoms with van der Waals surface area (Å²) in [5.74, 6) is 2.29. The van der Waals surface area contributed by atoms with E-state index in [0.29, 0.717) is 18.8 Å². The number of fused-ring (bicyclic) bond motifs is 6. The van der Waals surface area contributed by atoms with Gasteiger partial charge in [-0.1, -0.05) is 48.5 Å². The van der Waals surface area contributed by atoms with Crippen LogP contribution in [0.15, 0.2) is 66.7 Å². The molecule has 5 heteroatoms. The van der Waals surface area contributed by atoms with Crippen LogP contribution in [0.2, 0.25) is 0 Å². The van der Waals surface area contributed by atoms with Crippen LogP contribution in [-0.2, 0) is 6.42 Å². The molecule has 2 bridgehead atoms. The summed E-state index contributed by atoms with van der Waals surface area (Å²) in [6.45, 7) is 2.18. The molecule has 3 aromatic carbocycles. The summed E-state index contributed by atoms with van der Waals surface area (Å²) in [4.78, 5) is 2.41. The van der Waals surface area contributed by atoms with Crippen LogP contribution in [0, 0.1) is 0 Å². The minimum absolute atomic E-state index is 0.302. The van der Waals surface area contributed by atoms with Crippen LogP contribution in [0.25, 0.3) is 11.1 Å². The Labute approximate surface area is 194 Å². The molecule has 162 valence electrons. The number of ether oxygens (including phenoxy) is 2. The first-order valence-electron chi connectivity index (χ1n) is 11.4. The van der Waals surface area contributed by atoms with Gasteiger partial charge < -0.3 is 19.7 Å². The molecule has 2 heterocycles. The van der Waals surface area contributed by atoms with Gasteiger partial charge in [-0.25, -0.2) is 0 Å². The number of benzene rings is 3. The molecule has 1 aliphatic carbocycles. The number of nitrogens with zero attached hydrogens (tertiary/aromatic N) is 1. The van der Waals surface area contributed by atoms with Crippen molar-refractivity contribution in [2.75, 3.05) is 19.9 Å². The van der Waals surface area contributed by atoms with Gasteiger partial charge in [0.2, 0.25) is 6.79 Å². The van der Waals surface area contributed by atoms with Crippen LogP contribution in [0.3, 0.4) is 0 Å². The maximum Gasteiger partial charge on any atom is 0.231 e. The third-order valence-electron chi connectivity index (χ3n) is 6.99. The van der Waals surface area contributed by atoms with E-state index in [1.54, 1.807) is 0 Å². The smallest absolute Gasteiger partial charge is 0.231 e. The maximum atomic E-state index is 5.85. The molecule has 1 fully saturated rings. The number of piperidine rings is 1. The average Bonchev–Trinajstić information content (AvgIpc) is 3.42. The summed E-state index contributed by atoms with van der Waals surface area (Å²) >= 11 is 5.85. The van der Waals surface area contributed by atoms with Crippen LogP contribution in [0.4, 0.5) is 0 Å². The predicted molar refractivity (Wildman–Crippen MR) is 130 cm³/mol. The highest BCUT2D eigenvalue weighted by atomic mass is 32.1. The van der Waals surface area contributed by atoms with E-state index in [0.717, 1.165) is 54.5 Å². The van der Waals surface area contributed by atoms with Crippen molar-refractivity contribution in [2.45, 2.75) is 31.2 Å². The standard InChI is InChI=1S/C27H26N2O2S/c32-27(28-12-10-18-4-2-1-3-5-18)29-13-11-21-15-24(29)23-14-19(6-8-22(21)23)20-7-9-25-26(16-20)31-17-30-25/h1-9,14,16,21,24H,10-13,15,17H2,(H,28,32)/t21?,24-/m1/s1. The van der Waals surface area contributed by atoms with Crippen LogP contribution in [0.5, 0.6) is 11.5 Å². The van der Waals surface area contributed by atoms with E-state index in [1.807, 2.05) is 6.07 Å². The van der Waals surface area contributed by atoms with Crippen molar-refractivity contribution in [3.63, 3.8) is 0 Å². The molecule has 0 aromatic heterocycles. The fraction of sp³-hybridized carbons (Fsp3) is 0.296. The molecular formula is C27H26N2O2S. The van der Waals surface area contributed by atoms with Crippen molar-refractivity contribution in [3.8, 4) is 22.6 Å². The number of hydrogen-bond acceptors (Lipinski definition) is 3. The highest BCUT2D eigenvalue weighted by Crippen LogP contribution is 2.50. The van der Waals surface area contributed by atoms with Gasteiger partial charge in [0.05, 0.1) is 6.04 Å². The lowest BCUT2D eigenvalue weighted by Gasteiger charge is -2.36. The maximum absolute atomic E-state index is 5.85. The zero-order valence-corrected chi connectivity index (χ0v) is 18.7. The Morgan fingerprint density at radius 2 is 1.75 bits per heavy atom. The summed E-state index contributed by atoms with van der Waals surface area (Å²) in [5, 5.41) is 4.40. The van der Waals surface area contributed by atoms with Crippen molar-refractivity contribution in [2.24, 2.45) is 0 Å². The Hall–Kier alpha value is -3.05. The van der Waals surface area contributed by atoms with Gasteiger partial charge in [-0.05, 0) is 83.4 Å². The van der Waals surface area contributed by atoms with E-state index in [4.69, 9.17) is 21.7 Å². The van der Waals surface area contributed by atoms with E-state index in [2.05, 4.69) is 70.9 Å². The van der Waals surface area contributed by atoms with E-state index in [9.17, 15) is 0 Å². The molecule has 1 saturated heterocycles. The third kappa shape index (κ3) is 3.51. The molecule has 2 atom stereocenters. The number of nitrogens with one attached hydrogen (secondary N) is 1. The molecule has 6 rings (SSSR count). The average molecular weight is 443 g/mol. The Kier molecular flexibility index (Phi) is 4.99. The summed E-state index contributed by atoms with van der Waals surface area (Å²) < 4.78 is 11.1. The Bertz CT molecular complexity index is 1160. The highest BCUT2D eigenvalue weighted by Gasteiger charge is 2.39. The molecule has 3 aliphatic rings. The summed E-state index contributed by atoms with van der Waals surface area (Å²) in [5.41, 5.74) is 6.64. The van der Waals surface area contributed by atoms with Crippen LogP contribution < -0.4 is 14.8 Å². The van der Waals surface area contributed by atoms with Gasteiger partial charge in [0.15, 0.2) is 16.6 Å². The fourth-order valence-electron chi connectivity index (χ4n) is 5.34. The van der Waals surface area contributed by atoms with Gasteiger partial charge in [0.25, 0.3) is 0 Å². The lowest BCUT2D eigenvalue weighted by molar-refractivity contribution is 0.174. The van der Waals surface area contributed by atoms with Crippen molar-refractivity contribution in [1.29, 1.82) is 0 Å². The van der Waals surface area contributed by atoms with E-state index < -0.39 is 0 Å². The van der Waals surface area contributed by atoms with Crippen LogP contribution in [-0.4, -0.2) is 29.9 Å². The second kappa shape index (κ2) is 8.14. The zero-order valence-electron chi connectivity index (χ0n) is 17.9. The first-order valence-corrected chi connectivity index (χ1v) is 11.8. The third-order valence-corrected chi connectivity index (χ3v) is 7.37. The van der Waals surface area contributed by atoms with Crippen molar-refractivity contribution >= 4 is 17.3 Å². The monoisotopic (exact) mass is 442 g/mol. The minimum atomic E-state index is 0.302. The van der Waals surface area contributed by atoms with E-state index in [-0.39, 0.29) is 0 Å². The fourth-order valence-corrected chi connectivity index (χ4v) is 5.66. The Morgan fingerprint density at radius 3 is 2.66 bits per heavy atom. The lowest BCUT2D eigenvalue weighted by Crippen LogP contribution is -2.44. The van der Waals surface area contributed by atoms with Gasteiger partial charge in [-0.3, -0.25) is 0 Å². The topological polar surface area (TPSA) is 33.7 Å². The normalized spacial score (nSPS) is 20.2. The molecule has 2 aliphatic heterocycles. The molecule has 0 spiro atoms. The largest absolute Gasteiger partial charge is 0.454 e. The number of likely N-dealkylation sites (tertiary alicyclic amines) is 1. The van der Waals surface area contributed by atoms with Gasteiger partial charge in [-0.2, -0.15) is 0 Å². The molecule has 1 N–H and O–H groups in total. The summed E-state index contributed by atoms with van der Waals surface area (Å²) in [6, 6.07) is 24.1. The lowest BCUT2D eigenvalue weighted by atomic mass is 9.95. The van der Waals surface area contributed by atoms with Gasteiger partial charge in [0.1, 0.15) is 0 Å². The van der Waals surface area contributed by atoms with Gasteiger partial charge in [-0.15, -0.1) is 0 Å². The second-order valence-electron chi connectivity index (χ2n) is 8.81. The Morgan fingerprint density at radius 1 is 0.938 bits per heavy atom. The van der Waals surface area contributed by atoms with E-state index >= 15 is 0 Å². The molecular weight excluding hydrogens is 416 g/mol. The summed E-state index contributed by atoms with van der Waals surface area (Å²) in [7, 11) is 0. The molecule has 32 heavy (non-hydrogen) atoms. The number of hydrogen-bond donors (Lipinski definition) is 1. The first kappa shape index (κ1) is 19.6. The SMILES string of the molecule is S=C(NCCc1ccccc1)N1CCC2C[C@@H]1c1cc(-c3ccc4c(c3)OCO4)ccc12. The number of rotatable bonds is 4. The molecule has 4 nitrogen and oxygen atoms in total. The van der Waals surface area contributed by atoms with Crippen molar-refractivity contribution in [1.82, 2.24) is 10.2 Å². The van der Waals surface area contributed by atoms with Gasteiger partial charge >= 0.3 is 0 Å². The molecule has 0 amide bonds. The van der Waals surface area contributed by atoms with Gasteiger partial charge in [0, 0.05) is 13.1 Å². The van der Waals surface area contributed by atoms with Crippen molar-refractivity contribution in [3.05, 3.63) is 83.4 Å². The summed E-state index contributed by atoms with van der Waals surface area (Å²) in [6.07, 6.45) is 3.29. The quantitative estimate of drug-likeness (QED) is 0.545.